The number of cyclic esters (lactones) is 1. The number of anilines is 2. The van der Waals surface area contributed by atoms with Crippen LogP contribution in [0, 0.1) is 0 Å². The Morgan fingerprint density at radius 1 is 1.20 bits per heavy atom. The summed E-state index contributed by atoms with van der Waals surface area (Å²) in [5.74, 6) is -4.35. The highest BCUT2D eigenvalue weighted by Gasteiger charge is 2.59. The van der Waals surface area contributed by atoms with Crippen molar-refractivity contribution in [1.29, 1.82) is 0 Å². The molecule has 0 bridgehead atoms. The fourth-order valence-corrected chi connectivity index (χ4v) is 3.59. The van der Waals surface area contributed by atoms with Crippen molar-refractivity contribution in [2.75, 3.05) is 29.6 Å². The zero-order valence-electron chi connectivity index (χ0n) is 15.9. The summed E-state index contributed by atoms with van der Waals surface area (Å²) in [6, 6.07) is 3.34. The molecule has 1 N–H and O–H groups in total. The fourth-order valence-electron chi connectivity index (χ4n) is 2.77. The van der Waals surface area contributed by atoms with Gasteiger partial charge in [-0.2, -0.15) is 22.0 Å². The maximum absolute atomic E-state index is 13.5. The van der Waals surface area contributed by atoms with Crippen LogP contribution in [0.15, 0.2) is 29.4 Å². The van der Waals surface area contributed by atoms with Crippen LogP contribution in [0.1, 0.15) is 12.5 Å². The molecule has 3 heterocycles. The molecule has 2 aromatic rings. The second-order valence-electron chi connectivity index (χ2n) is 6.29. The van der Waals surface area contributed by atoms with Crippen molar-refractivity contribution < 1.29 is 31.5 Å². The molecule has 1 aliphatic rings. The van der Waals surface area contributed by atoms with Gasteiger partial charge in [0.15, 0.2) is 0 Å². The first-order chi connectivity index (χ1) is 14.1. The van der Waals surface area contributed by atoms with Gasteiger partial charge in [-0.15, -0.1) is 11.8 Å². The van der Waals surface area contributed by atoms with Gasteiger partial charge in [0.1, 0.15) is 18.8 Å². The van der Waals surface area contributed by atoms with Crippen LogP contribution in [0.3, 0.4) is 0 Å². The van der Waals surface area contributed by atoms with E-state index in [-0.39, 0.29) is 22.8 Å². The number of thioether (sulfide) groups is 1. The average molecular weight is 448 g/mol. The van der Waals surface area contributed by atoms with E-state index in [1.807, 2.05) is 13.0 Å². The topological polar surface area (TPSA) is 67.4 Å². The molecule has 0 saturated heterocycles. The molecule has 0 aliphatic carbocycles. The highest BCUT2D eigenvalue weighted by atomic mass is 32.2. The molecule has 1 amide bonds. The van der Waals surface area contributed by atoms with Gasteiger partial charge >= 0.3 is 18.2 Å². The van der Waals surface area contributed by atoms with E-state index in [0.29, 0.717) is 11.4 Å². The van der Waals surface area contributed by atoms with Crippen molar-refractivity contribution in [1.82, 2.24) is 9.97 Å². The third-order valence-corrected chi connectivity index (χ3v) is 5.19. The normalized spacial score (nSPS) is 14.4. The van der Waals surface area contributed by atoms with Gasteiger partial charge in [-0.1, -0.05) is 6.92 Å². The molecule has 0 aromatic carbocycles. The number of hydrogen-bond donors (Lipinski definition) is 1. The average Bonchev–Trinajstić information content (AvgIpc) is 2.69. The van der Waals surface area contributed by atoms with Gasteiger partial charge in [-0.25, -0.2) is 4.79 Å². The summed E-state index contributed by atoms with van der Waals surface area (Å²) < 4.78 is 69.6. The van der Waals surface area contributed by atoms with Crippen LogP contribution in [0.4, 0.5) is 38.1 Å². The Bertz CT molecular complexity index is 955. The van der Waals surface area contributed by atoms with Gasteiger partial charge in [0.05, 0.1) is 29.5 Å². The number of ether oxygens (including phenoxy) is 1. The summed E-state index contributed by atoms with van der Waals surface area (Å²) in [5, 5.41) is 2.98. The second-order valence-corrected chi connectivity index (χ2v) is 7.60. The van der Waals surface area contributed by atoms with E-state index >= 15 is 0 Å². The fraction of sp³-hybridized carbons (Fsp3) is 0.389. The first-order valence-corrected chi connectivity index (χ1v) is 9.74. The Hall–Kier alpha value is -2.63. The van der Waals surface area contributed by atoms with Crippen LogP contribution in [-0.2, 0) is 11.3 Å². The molecule has 0 saturated carbocycles. The number of fused-ring (bicyclic) bond motifs is 1. The quantitative estimate of drug-likeness (QED) is 0.498. The van der Waals surface area contributed by atoms with Gasteiger partial charge < -0.3 is 10.1 Å². The minimum absolute atomic E-state index is 0.157. The lowest BCUT2D eigenvalue weighted by Gasteiger charge is -2.32. The largest absolute Gasteiger partial charge is 0.455 e. The van der Waals surface area contributed by atoms with E-state index in [9.17, 15) is 26.7 Å². The molecule has 30 heavy (non-hydrogen) atoms. The molecule has 3 rings (SSSR count). The van der Waals surface area contributed by atoms with Gasteiger partial charge in [0.2, 0.25) is 0 Å². The van der Waals surface area contributed by atoms with Gasteiger partial charge in [0, 0.05) is 17.5 Å². The first kappa shape index (κ1) is 22.1. The summed E-state index contributed by atoms with van der Waals surface area (Å²) in [6.07, 6.45) is -4.42. The van der Waals surface area contributed by atoms with E-state index < -0.39 is 24.7 Å². The predicted octanol–water partition coefficient (Wildman–Crippen LogP) is 4.95. The maximum atomic E-state index is 13.5. The number of amides is 1. The van der Waals surface area contributed by atoms with Crippen LogP contribution < -0.4 is 10.2 Å². The van der Waals surface area contributed by atoms with E-state index in [4.69, 9.17) is 4.74 Å². The molecule has 0 spiro atoms. The molecule has 0 fully saturated rings. The lowest BCUT2D eigenvalue weighted by atomic mass is 10.1. The van der Waals surface area contributed by atoms with Crippen LogP contribution in [0.25, 0.3) is 11.4 Å². The molecule has 12 heteroatoms. The van der Waals surface area contributed by atoms with E-state index in [1.54, 1.807) is 13.2 Å². The minimum Gasteiger partial charge on any atom is -0.444 e. The zero-order valence-corrected chi connectivity index (χ0v) is 16.7. The molecule has 162 valence electrons. The van der Waals surface area contributed by atoms with Gasteiger partial charge in [0.25, 0.3) is 0 Å². The molecule has 0 atom stereocenters. The number of rotatable bonds is 6. The molecule has 0 radical (unpaired) electrons. The van der Waals surface area contributed by atoms with Gasteiger partial charge in [-0.05, 0) is 17.9 Å². The number of aromatic nitrogens is 2. The molecule has 0 unspecified atom stereocenters. The van der Waals surface area contributed by atoms with Crippen molar-refractivity contribution in [2.24, 2.45) is 0 Å². The van der Waals surface area contributed by atoms with E-state index in [1.165, 1.54) is 17.8 Å². The smallest absolute Gasteiger partial charge is 0.444 e. The third kappa shape index (κ3) is 4.27. The number of pyridine rings is 2. The Morgan fingerprint density at radius 2 is 1.93 bits per heavy atom. The second kappa shape index (κ2) is 8.25. The van der Waals surface area contributed by atoms with Crippen LogP contribution in [-0.4, -0.2) is 47.5 Å². The van der Waals surface area contributed by atoms with E-state index in [0.717, 1.165) is 22.5 Å². The highest BCUT2D eigenvalue weighted by molar-refractivity contribution is 7.99. The summed E-state index contributed by atoms with van der Waals surface area (Å²) in [5.41, 5.74) is 1.78. The summed E-state index contributed by atoms with van der Waals surface area (Å²) in [7, 11) is 1.74. The number of carbonyl (C=O) groups is 1. The molecular weight excluding hydrogens is 431 g/mol. The Morgan fingerprint density at radius 3 is 2.57 bits per heavy atom. The zero-order chi connectivity index (χ0) is 22.1. The minimum atomic E-state index is -5.80. The Balaban J connectivity index is 1.99. The standard InChI is InChI=1S/C18H17F5N4O2S/c1-3-30-14-5-11(24-2)6-26-15(14)12-4-10-8-29-16(28)27(13(10)7-25-12)9-17(19,20)18(21,22)23/h4-7,24H,3,8-9H2,1-2H3. The van der Waals surface area contributed by atoms with E-state index in [2.05, 4.69) is 15.3 Å². The monoisotopic (exact) mass is 448 g/mol. The Kier molecular flexibility index (Phi) is 6.06. The predicted molar refractivity (Wildman–Crippen MR) is 102 cm³/mol. The third-order valence-electron chi connectivity index (χ3n) is 4.28. The summed E-state index contributed by atoms with van der Waals surface area (Å²) >= 11 is 1.51. The maximum Gasteiger partial charge on any atom is 0.455 e. The van der Waals surface area contributed by atoms with Crippen molar-refractivity contribution in [2.45, 2.75) is 30.5 Å². The van der Waals surface area contributed by atoms with Crippen molar-refractivity contribution in [3.63, 3.8) is 0 Å². The number of nitrogens with one attached hydrogen (secondary N) is 1. The lowest BCUT2D eigenvalue weighted by Crippen LogP contribution is -2.50. The SMILES string of the molecule is CCSc1cc(NC)cnc1-c1cc2c(cn1)N(CC(F)(F)C(F)(F)F)C(=O)OC2. The van der Waals surface area contributed by atoms with Crippen molar-refractivity contribution in [3.8, 4) is 11.4 Å². The van der Waals surface area contributed by atoms with Crippen molar-refractivity contribution in [3.05, 3.63) is 30.1 Å². The van der Waals surface area contributed by atoms with Crippen LogP contribution in [0.5, 0.6) is 0 Å². The van der Waals surface area contributed by atoms with Crippen LogP contribution in [0.2, 0.25) is 0 Å². The molecule has 2 aromatic heterocycles. The Labute approximate surface area is 172 Å². The number of alkyl halides is 5. The number of hydrogen-bond acceptors (Lipinski definition) is 6. The number of halogens is 5. The number of carbonyl (C=O) groups excluding carboxylic acids is 1. The molecule has 6 nitrogen and oxygen atoms in total. The summed E-state index contributed by atoms with van der Waals surface area (Å²) in [6.45, 7) is -0.211. The molecule has 1 aliphatic heterocycles. The van der Waals surface area contributed by atoms with Crippen LogP contribution >= 0.6 is 11.8 Å². The lowest BCUT2D eigenvalue weighted by molar-refractivity contribution is -0.276. The number of nitrogens with zero attached hydrogens (tertiary/aromatic N) is 3. The highest BCUT2D eigenvalue weighted by Crippen LogP contribution is 2.39. The summed E-state index contributed by atoms with van der Waals surface area (Å²) in [4.78, 5) is 21.5. The molecular formula is C18H17F5N4O2S. The first-order valence-electron chi connectivity index (χ1n) is 8.76. The van der Waals surface area contributed by atoms with Crippen molar-refractivity contribution >= 4 is 29.2 Å². The van der Waals surface area contributed by atoms with Gasteiger partial charge in [-0.3, -0.25) is 14.9 Å².